The van der Waals surface area contributed by atoms with E-state index < -0.39 is 90.4 Å². The quantitative estimate of drug-likeness (QED) is 0.0636. The van der Waals surface area contributed by atoms with Crippen molar-refractivity contribution < 1.29 is 44.1 Å². The normalized spacial score (nSPS) is 15.8. The molecule has 1 heterocycles. The molecule has 0 fully saturated rings. The van der Waals surface area contributed by atoms with Gasteiger partial charge in [0.05, 0.1) is 18.8 Å². The summed E-state index contributed by atoms with van der Waals surface area (Å²) in [5.41, 5.74) is 8.79. The van der Waals surface area contributed by atoms with Crippen LogP contribution in [0.25, 0.3) is 10.9 Å². The zero-order valence-corrected chi connectivity index (χ0v) is 30.6. The molecule has 53 heavy (non-hydrogen) atoms. The van der Waals surface area contributed by atoms with E-state index in [1.54, 1.807) is 44.3 Å². The molecule has 288 valence electrons. The second kappa shape index (κ2) is 20.3. The lowest BCUT2D eigenvalue weighted by Crippen LogP contribution is -2.62. The lowest BCUT2D eigenvalue weighted by atomic mass is 9.96. The molecule has 17 heteroatoms. The molecule has 8 atom stereocenters. The maximum absolute atomic E-state index is 13.9. The van der Waals surface area contributed by atoms with Gasteiger partial charge in [-0.1, -0.05) is 68.8 Å². The van der Waals surface area contributed by atoms with E-state index in [0.717, 1.165) is 22.0 Å². The van der Waals surface area contributed by atoms with Crippen molar-refractivity contribution in [2.45, 2.75) is 82.4 Å². The van der Waals surface area contributed by atoms with E-state index in [4.69, 9.17) is 10.8 Å². The van der Waals surface area contributed by atoms with E-state index in [-0.39, 0.29) is 18.6 Å². The van der Waals surface area contributed by atoms with Crippen LogP contribution in [0.3, 0.4) is 0 Å². The number of carbonyl (C=O) groups excluding carboxylic acids is 5. The van der Waals surface area contributed by atoms with Crippen LogP contribution >= 0.6 is 12.6 Å². The molecule has 3 aromatic rings. The number of aliphatic hydroxyl groups excluding tert-OH is 2. The molecule has 0 aliphatic heterocycles. The number of fused-ring (bicyclic) bond motifs is 1. The van der Waals surface area contributed by atoms with Crippen LogP contribution in [-0.4, -0.2) is 111 Å². The monoisotopic (exact) mass is 755 g/mol. The molecule has 3 rings (SSSR count). The maximum atomic E-state index is 13.9. The van der Waals surface area contributed by atoms with Gasteiger partial charge >= 0.3 is 5.97 Å². The summed E-state index contributed by atoms with van der Waals surface area (Å²) in [5, 5.41) is 41.8. The molecule has 5 amide bonds. The first kappa shape index (κ1) is 42.4. The van der Waals surface area contributed by atoms with E-state index in [0.29, 0.717) is 6.42 Å². The molecule has 0 spiro atoms. The molecule has 0 radical (unpaired) electrons. The van der Waals surface area contributed by atoms with Crippen LogP contribution < -0.4 is 32.3 Å². The number of rotatable bonds is 20. The third kappa shape index (κ3) is 12.0. The molecular weight excluding hydrogens is 707 g/mol. The van der Waals surface area contributed by atoms with Crippen molar-refractivity contribution in [1.29, 1.82) is 0 Å². The summed E-state index contributed by atoms with van der Waals surface area (Å²) in [6.07, 6.45) is 0.991. The predicted molar refractivity (Wildman–Crippen MR) is 199 cm³/mol. The van der Waals surface area contributed by atoms with Crippen molar-refractivity contribution in [2.24, 2.45) is 11.7 Å². The summed E-state index contributed by atoms with van der Waals surface area (Å²) in [7, 11) is 0. The standard InChI is InChI=1S/C36H49N7O9S/c1-4-19(2)29(34(49)41-28(18-53)33(48)43-30(20(3)45)35(50)40-27(17-44)36(51)52)42-32(47)26(14-21-10-6-5-7-11-21)39-31(46)24(37)15-22-16-38-25-13-9-8-12-23(22)25/h5-13,16,19-20,24,26-30,38,44-45,53H,4,14-15,17-18,37H2,1-3H3,(H,39,46)(H,40,50)(H,41,49)(H,42,47)(H,43,48)(H,51,52)/t19-,20+,24-,26-,27-,28-,29-,30-/m0/s1. The Hall–Kier alpha value is -4.97. The molecule has 1 aromatic heterocycles. The predicted octanol–water partition coefficient (Wildman–Crippen LogP) is -0.862. The minimum Gasteiger partial charge on any atom is -0.480 e. The molecule has 0 bridgehead atoms. The Morgan fingerprint density at radius 2 is 1.32 bits per heavy atom. The lowest BCUT2D eigenvalue weighted by Gasteiger charge is -2.29. The van der Waals surface area contributed by atoms with E-state index in [1.165, 1.54) is 6.92 Å². The van der Waals surface area contributed by atoms with Gasteiger partial charge in [0.2, 0.25) is 29.5 Å². The van der Waals surface area contributed by atoms with Gasteiger partial charge in [0, 0.05) is 29.3 Å². The number of carboxylic acids is 1. The minimum absolute atomic E-state index is 0.0799. The fourth-order valence-electron chi connectivity index (χ4n) is 5.49. The summed E-state index contributed by atoms with van der Waals surface area (Å²) in [5.74, 6) is -6.27. The van der Waals surface area contributed by atoms with Crippen molar-refractivity contribution in [1.82, 2.24) is 31.6 Å². The first-order valence-corrected chi connectivity index (χ1v) is 17.8. The van der Waals surface area contributed by atoms with Gasteiger partial charge in [0.1, 0.15) is 30.2 Å². The van der Waals surface area contributed by atoms with Gasteiger partial charge in [-0.2, -0.15) is 12.6 Å². The first-order chi connectivity index (χ1) is 25.2. The number of aromatic nitrogens is 1. The second-order valence-electron chi connectivity index (χ2n) is 12.8. The van der Waals surface area contributed by atoms with E-state index in [2.05, 4.69) is 38.9 Å². The van der Waals surface area contributed by atoms with Crippen LogP contribution in [0.2, 0.25) is 0 Å². The number of H-pyrrole nitrogens is 1. The number of thiol groups is 1. The lowest BCUT2D eigenvalue weighted by molar-refractivity contribution is -0.144. The van der Waals surface area contributed by atoms with Crippen LogP contribution in [0.1, 0.15) is 38.3 Å². The summed E-state index contributed by atoms with van der Waals surface area (Å²) in [4.78, 5) is 81.3. The van der Waals surface area contributed by atoms with Crippen LogP contribution in [-0.2, 0) is 41.6 Å². The maximum Gasteiger partial charge on any atom is 0.328 e. The number of nitrogens with one attached hydrogen (secondary N) is 6. The van der Waals surface area contributed by atoms with Crippen LogP contribution in [0.4, 0.5) is 0 Å². The molecular formula is C36H49N7O9S. The number of para-hydroxylation sites is 1. The Kier molecular flexibility index (Phi) is 16.3. The van der Waals surface area contributed by atoms with E-state index in [1.807, 2.05) is 35.6 Å². The Balaban J connectivity index is 1.76. The molecule has 0 unspecified atom stereocenters. The zero-order valence-electron chi connectivity index (χ0n) is 29.7. The van der Waals surface area contributed by atoms with E-state index >= 15 is 0 Å². The van der Waals surface area contributed by atoms with Gasteiger partial charge in [-0.15, -0.1) is 0 Å². The first-order valence-electron chi connectivity index (χ1n) is 17.2. The average molecular weight is 756 g/mol. The SMILES string of the molecule is CC[C@H](C)[C@H](NC(=O)[C@H](Cc1ccccc1)NC(=O)[C@@H](N)Cc1c[nH]c2ccccc12)C(=O)N[C@@H](CS)C(=O)N[C@H](C(=O)N[C@@H](CO)C(=O)O)[C@@H](C)O. The van der Waals surface area contributed by atoms with Gasteiger partial charge in [0.25, 0.3) is 0 Å². The highest BCUT2D eigenvalue weighted by Crippen LogP contribution is 2.19. The van der Waals surface area contributed by atoms with Gasteiger partial charge in [-0.05, 0) is 36.5 Å². The summed E-state index contributed by atoms with van der Waals surface area (Å²) in [6, 6.07) is 8.52. The fourth-order valence-corrected chi connectivity index (χ4v) is 5.74. The number of amides is 5. The minimum atomic E-state index is -1.69. The number of aliphatic hydroxyl groups is 2. The van der Waals surface area contributed by atoms with Crippen LogP contribution in [0, 0.1) is 5.92 Å². The second-order valence-corrected chi connectivity index (χ2v) is 13.2. The van der Waals surface area contributed by atoms with Gasteiger partial charge < -0.3 is 52.6 Å². The third-order valence-electron chi connectivity index (χ3n) is 8.84. The van der Waals surface area contributed by atoms with Crippen LogP contribution in [0.15, 0.2) is 60.8 Å². The van der Waals surface area contributed by atoms with Crippen molar-refractivity contribution in [2.75, 3.05) is 12.4 Å². The Bertz CT molecular complexity index is 1720. The van der Waals surface area contributed by atoms with Gasteiger partial charge in [0.15, 0.2) is 0 Å². The number of aromatic amines is 1. The largest absolute Gasteiger partial charge is 0.480 e. The van der Waals surface area contributed by atoms with Gasteiger partial charge in [-0.25, -0.2) is 4.79 Å². The van der Waals surface area contributed by atoms with Gasteiger partial charge in [-0.3, -0.25) is 24.0 Å². The number of hydrogen-bond donors (Lipinski definition) is 11. The van der Waals surface area contributed by atoms with Crippen molar-refractivity contribution >= 4 is 59.0 Å². The highest BCUT2D eigenvalue weighted by molar-refractivity contribution is 7.80. The fraction of sp³-hybridized carbons (Fsp3) is 0.444. The van der Waals surface area contributed by atoms with Crippen molar-refractivity contribution in [3.05, 3.63) is 71.9 Å². The van der Waals surface area contributed by atoms with Crippen LogP contribution in [0.5, 0.6) is 0 Å². The van der Waals surface area contributed by atoms with E-state index in [9.17, 15) is 39.0 Å². The number of carbonyl (C=O) groups is 6. The highest BCUT2D eigenvalue weighted by atomic mass is 32.1. The molecule has 0 aliphatic carbocycles. The third-order valence-corrected chi connectivity index (χ3v) is 9.20. The Morgan fingerprint density at radius 1 is 0.755 bits per heavy atom. The topological polar surface area (TPSA) is 265 Å². The summed E-state index contributed by atoms with van der Waals surface area (Å²) in [6.45, 7) is 3.76. The highest BCUT2D eigenvalue weighted by Gasteiger charge is 2.35. The van der Waals surface area contributed by atoms with Crippen molar-refractivity contribution in [3.8, 4) is 0 Å². The number of benzene rings is 2. The zero-order chi connectivity index (χ0) is 39.2. The molecule has 0 saturated carbocycles. The average Bonchev–Trinajstić information content (AvgIpc) is 3.55. The molecule has 2 aromatic carbocycles. The number of carboxylic acid groups (broad SMARTS) is 1. The summed E-state index contributed by atoms with van der Waals surface area (Å²) < 4.78 is 0. The number of aliphatic carboxylic acids is 1. The molecule has 16 nitrogen and oxygen atoms in total. The number of hydrogen-bond acceptors (Lipinski definition) is 10. The Morgan fingerprint density at radius 3 is 1.92 bits per heavy atom. The number of nitrogens with two attached hydrogens (primary N) is 1. The smallest absolute Gasteiger partial charge is 0.328 e. The van der Waals surface area contributed by atoms with Crippen molar-refractivity contribution in [3.63, 3.8) is 0 Å². The summed E-state index contributed by atoms with van der Waals surface area (Å²) >= 11 is 4.16. The Labute approximate surface area is 312 Å². The molecule has 11 N–H and O–H groups in total. The molecule has 0 aliphatic rings. The molecule has 0 saturated heterocycles.